The first-order chi connectivity index (χ1) is 11.9. The van der Waals surface area contributed by atoms with Crippen molar-refractivity contribution in [1.29, 1.82) is 0 Å². The van der Waals surface area contributed by atoms with E-state index in [0.717, 1.165) is 5.56 Å². The number of alkyl halides is 1. The molecular formula is C19H16Cl2FNO2. The summed E-state index contributed by atoms with van der Waals surface area (Å²) in [6, 6.07) is 8.43. The van der Waals surface area contributed by atoms with Gasteiger partial charge in [0.1, 0.15) is 5.60 Å². The number of epoxide rings is 1. The number of rotatable bonds is 4. The molecule has 25 heavy (non-hydrogen) atoms. The maximum Gasteiger partial charge on any atom is 0.195 e. The Morgan fingerprint density at radius 1 is 1.28 bits per heavy atom. The highest BCUT2D eigenvalue weighted by molar-refractivity contribution is 6.35. The largest absolute Gasteiger partial charge is 0.363 e. The lowest BCUT2D eigenvalue weighted by Gasteiger charge is -2.33. The van der Waals surface area contributed by atoms with Crippen molar-refractivity contribution in [3.8, 4) is 0 Å². The first-order valence-corrected chi connectivity index (χ1v) is 8.96. The third-order valence-electron chi connectivity index (χ3n) is 5.11. The molecule has 2 aromatic rings. The van der Waals surface area contributed by atoms with Gasteiger partial charge in [0.2, 0.25) is 0 Å². The lowest BCUT2D eigenvalue weighted by Crippen LogP contribution is -2.39. The highest BCUT2D eigenvalue weighted by atomic mass is 35.5. The topological polar surface area (TPSA) is 42.5 Å². The zero-order valence-electron chi connectivity index (χ0n) is 13.4. The van der Waals surface area contributed by atoms with Crippen LogP contribution in [0.2, 0.25) is 10.0 Å². The Labute approximate surface area is 155 Å². The molecule has 1 aromatic carbocycles. The predicted molar refractivity (Wildman–Crippen MR) is 93.7 cm³/mol. The van der Waals surface area contributed by atoms with Gasteiger partial charge in [-0.1, -0.05) is 35.3 Å². The fourth-order valence-electron chi connectivity index (χ4n) is 3.54. The molecule has 0 radical (unpaired) electrons. The molecule has 0 unspecified atom stereocenters. The molecule has 0 amide bonds. The van der Waals surface area contributed by atoms with Crippen LogP contribution >= 0.6 is 23.2 Å². The van der Waals surface area contributed by atoms with E-state index >= 15 is 4.39 Å². The minimum atomic E-state index is -2.01. The van der Waals surface area contributed by atoms with Gasteiger partial charge in [-0.05, 0) is 43.0 Å². The second kappa shape index (κ2) is 6.04. The van der Waals surface area contributed by atoms with Crippen molar-refractivity contribution in [3.63, 3.8) is 0 Å². The minimum absolute atomic E-state index is 0.0695. The molecular weight excluding hydrogens is 364 g/mol. The molecule has 1 saturated heterocycles. The van der Waals surface area contributed by atoms with Crippen molar-refractivity contribution < 1.29 is 13.9 Å². The number of hydrogen-bond acceptors (Lipinski definition) is 3. The van der Waals surface area contributed by atoms with Crippen LogP contribution in [-0.4, -0.2) is 17.4 Å². The summed E-state index contributed by atoms with van der Waals surface area (Å²) in [5.41, 5.74) is -0.786. The van der Waals surface area contributed by atoms with E-state index in [1.807, 2.05) is 0 Å². The maximum atomic E-state index is 15.7. The van der Waals surface area contributed by atoms with Gasteiger partial charge in [0.25, 0.3) is 0 Å². The standard InChI is InChI=1S/C19H16Cl2FNO2/c20-13-5-3-12(15(21)10-13)4-6-16(24)19(22)8-7-18(11-25-18)17-14(19)2-1-9-23-17/h1-3,5,9-10H,4,6-8,11H2/t18-,19+/m0/s1. The fourth-order valence-corrected chi connectivity index (χ4v) is 4.05. The van der Waals surface area contributed by atoms with Gasteiger partial charge in [0, 0.05) is 28.2 Å². The Morgan fingerprint density at radius 3 is 2.80 bits per heavy atom. The average Bonchev–Trinajstić information content (AvgIpc) is 3.39. The number of ether oxygens (including phenoxy) is 1. The number of pyridine rings is 1. The zero-order chi connectivity index (χ0) is 17.7. The normalized spacial score (nSPS) is 27.2. The summed E-state index contributed by atoms with van der Waals surface area (Å²) in [4.78, 5) is 17.1. The third-order valence-corrected chi connectivity index (χ3v) is 5.70. The van der Waals surface area contributed by atoms with E-state index in [0.29, 0.717) is 40.8 Å². The van der Waals surface area contributed by atoms with E-state index < -0.39 is 17.1 Å². The molecule has 2 atom stereocenters. The van der Waals surface area contributed by atoms with Gasteiger partial charge in [0.05, 0.1) is 12.3 Å². The van der Waals surface area contributed by atoms with Gasteiger partial charge < -0.3 is 4.74 Å². The van der Waals surface area contributed by atoms with Crippen LogP contribution in [0.1, 0.15) is 36.1 Å². The number of aryl methyl sites for hydroxylation is 1. The van der Waals surface area contributed by atoms with Crippen LogP contribution < -0.4 is 0 Å². The second-order valence-electron chi connectivity index (χ2n) is 6.64. The number of Topliss-reactive ketones (excluding diaryl/α,β-unsaturated/α-hetero) is 1. The lowest BCUT2D eigenvalue weighted by molar-refractivity contribution is -0.132. The number of carbonyl (C=O) groups is 1. The second-order valence-corrected chi connectivity index (χ2v) is 7.49. The molecule has 4 rings (SSSR count). The van der Waals surface area contributed by atoms with E-state index in [4.69, 9.17) is 27.9 Å². The summed E-state index contributed by atoms with van der Waals surface area (Å²) in [7, 11) is 0. The lowest BCUT2D eigenvalue weighted by atomic mass is 9.74. The summed E-state index contributed by atoms with van der Waals surface area (Å²) >= 11 is 12.0. The fraction of sp³-hybridized carbons (Fsp3) is 0.368. The van der Waals surface area contributed by atoms with Crippen molar-refractivity contribution in [1.82, 2.24) is 4.98 Å². The maximum absolute atomic E-state index is 15.7. The number of nitrogens with zero attached hydrogens (tertiary/aromatic N) is 1. The van der Waals surface area contributed by atoms with Crippen molar-refractivity contribution in [2.24, 2.45) is 0 Å². The number of fused-ring (bicyclic) bond motifs is 2. The van der Waals surface area contributed by atoms with Crippen LogP contribution in [-0.2, 0) is 27.2 Å². The third kappa shape index (κ3) is 2.86. The molecule has 1 aliphatic carbocycles. The molecule has 0 bridgehead atoms. The molecule has 130 valence electrons. The first kappa shape index (κ1) is 17.0. The molecule has 1 spiro atoms. The van der Waals surface area contributed by atoms with E-state index in [9.17, 15) is 4.79 Å². The van der Waals surface area contributed by atoms with Crippen molar-refractivity contribution in [3.05, 3.63) is 63.4 Å². The zero-order valence-corrected chi connectivity index (χ0v) is 14.9. The summed E-state index contributed by atoms with van der Waals surface area (Å²) in [5, 5.41) is 1.02. The summed E-state index contributed by atoms with van der Waals surface area (Å²) < 4.78 is 21.2. The van der Waals surface area contributed by atoms with E-state index in [1.165, 1.54) is 0 Å². The smallest absolute Gasteiger partial charge is 0.195 e. The van der Waals surface area contributed by atoms with Crippen LogP contribution in [0, 0.1) is 0 Å². The molecule has 2 heterocycles. The Balaban J connectivity index is 1.57. The molecule has 1 aromatic heterocycles. The number of ketones is 1. The van der Waals surface area contributed by atoms with Crippen LogP contribution in [0.25, 0.3) is 0 Å². The quantitative estimate of drug-likeness (QED) is 0.718. The van der Waals surface area contributed by atoms with E-state index in [-0.39, 0.29) is 12.8 Å². The first-order valence-electron chi connectivity index (χ1n) is 8.21. The molecule has 0 N–H and O–H groups in total. The summed E-state index contributed by atoms with van der Waals surface area (Å²) in [6.07, 6.45) is 2.66. The SMILES string of the molecule is O=C(CCc1ccc(Cl)cc1Cl)[C@@]1(F)CC[C@]2(CO2)c2ncccc21. The van der Waals surface area contributed by atoms with Crippen molar-refractivity contribution >= 4 is 29.0 Å². The Kier molecular flexibility index (Phi) is 4.10. The molecule has 0 saturated carbocycles. The highest BCUT2D eigenvalue weighted by Crippen LogP contribution is 2.53. The molecule has 1 aliphatic heterocycles. The molecule has 3 nitrogen and oxygen atoms in total. The van der Waals surface area contributed by atoms with Gasteiger partial charge in [-0.25, -0.2) is 4.39 Å². The van der Waals surface area contributed by atoms with E-state index in [1.54, 1.807) is 36.5 Å². The van der Waals surface area contributed by atoms with Crippen molar-refractivity contribution in [2.45, 2.75) is 37.0 Å². The Bertz CT molecular complexity index is 853. The van der Waals surface area contributed by atoms with Gasteiger partial charge in [-0.15, -0.1) is 0 Å². The summed E-state index contributed by atoms with van der Waals surface area (Å²) in [6.45, 7) is 0.543. The average molecular weight is 380 g/mol. The van der Waals surface area contributed by atoms with Gasteiger partial charge in [-0.2, -0.15) is 0 Å². The van der Waals surface area contributed by atoms with Gasteiger partial charge in [-0.3, -0.25) is 9.78 Å². The van der Waals surface area contributed by atoms with Crippen LogP contribution in [0.15, 0.2) is 36.5 Å². The summed E-state index contributed by atoms with van der Waals surface area (Å²) in [5.74, 6) is -0.441. The molecule has 1 fully saturated rings. The van der Waals surface area contributed by atoms with Gasteiger partial charge in [0.15, 0.2) is 11.5 Å². The van der Waals surface area contributed by atoms with Crippen LogP contribution in [0.3, 0.4) is 0 Å². The minimum Gasteiger partial charge on any atom is -0.363 e. The Morgan fingerprint density at radius 2 is 2.08 bits per heavy atom. The highest BCUT2D eigenvalue weighted by Gasteiger charge is 2.58. The van der Waals surface area contributed by atoms with E-state index in [2.05, 4.69) is 4.98 Å². The van der Waals surface area contributed by atoms with Crippen molar-refractivity contribution in [2.75, 3.05) is 6.61 Å². The monoisotopic (exact) mass is 379 g/mol. The molecule has 6 heteroatoms. The van der Waals surface area contributed by atoms with Crippen LogP contribution in [0.4, 0.5) is 4.39 Å². The molecule has 2 aliphatic rings. The number of halogens is 3. The van der Waals surface area contributed by atoms with Crippen LogP contribution in [0.5, 0.6) is 0 Å². The predicted octanol–water partition coefficient (Wildman–Crippen LogP) is 4.77. The number of carbonyl (C=O) groups excluding carboxylic acids is 1. The number of hydrogen-bond donors (Lipinski definition) is 0. The Hall–Kier alpha value is -1.49. The van der Waals surface area contributed by atoms with Gasteiger partial charge >= 0.3 is 0 Å². The number of aromatic nitrogens is 1. The number of benzene rings is 1.